The van der Waals surface area contributed by atoms with Gasteiger partial charge in [-0.15, -0.1) is 0 Å². The average molecular weight is 820 g/mol. The van der Waals surface area contributed by atoms with E-state index in [-0.39, 0.29) is 18.5 Å². The third-order valence-electron chi connectivity index (χ3n) is 12.1. The Balaban J connectivity index is 3.48. The van der Waals surface area contributed by atoms with Crippen LogP contribution in [-0.4, -0.2) is 47.4 Å². The number of esters is 1. The number of aliphatic hydroxyl groups excluding tert-OH is 2. The summed E-state index contributed by atoms with van der Waals surface area (Å²) < 4.78 is 5.45. The molecule has 0 saturated heterocycles. The fourth-order valence-corrected chi connectivity index (χ4v) is 8.05. The molecule has 0 spiro atoms. The summed E-state index contributed by atoms with van der Waals surface area (Å²) in [5.74, 6) is -0.0792. The van der Waals surface area contributed by atoms with Gasteiger partial charge in [-0.2, -0.15) is 0 Å². The lowest BCUT2D eigenvalue weighted by molar-refractivity contribution is -0.143. The Labute approximate surface area is 361 Å². The first kappa shape index (κ1) is 56.6. The Bertz CT molecular complexity index is 863. The normalized spacial score (nSPS) is 12.7. The fourth-order valence-electron chi connectivity index (χ4n) is 8.05. The van der Waals surface area contributed by atoms with Crippen LogP contribution < -0.4 is 5.32 Å². The molecular formula is C52H101NO5. The molecule has 58 heavy (non-hydrogen) atoms. The van der Waals surface area contributed by atoms with Gasteiger partial charge in [-0.3, -0.25) is 9.59 Å². The van der Waals surface area contributed by atoms with Crippen LogP contribution in [0.2, 0.25) is 0 Å². The molecule has 0 aliphatic rings. The van der Waals surface area contributed by atoms with Crippen molar-refractivity contribution >= 4 is 11.9 Å². The van der Waals surface area contributed by atoms with Crippen molar-refractivity contribution in [2.75, 3.05) is 13.2 Å². The lowest BCUT2D eigenvalue weighted by atomic mass is 10.0. The molecule has 6 heteroatoms. The van der Waals surface area contributed by atoms with Crippen molar-refractivity contribution in [2.24, 2.45) is 0 Å². The van der Waals surface area contributed by atoms with E-state index in [1.54, 1.807) is 0 Å². The smallest absolute Gasteiger partial charge is 0.305 e. The summed E-state index contributed by atoms with van der Waals surface area (Å²) in [6.07, 6.45) is 54.7. The van der Waals surface area contributed by atoms with Gasteiger partial charge in [0.05, 0.1) is 25.4 Å². The number of carbonyl (C=O) groups is 2. The molecule has 0 aromatic carbocycles. The average Bonchev–Trinajstić information content (AvgIpc) is 3.22. The van der Waals surface area contributed by atoms with Crippen LogP contribution in [0.1, 0.15) is 284 Å². The molecular weight excluding hydrogens is 719 g/mol. The molecule has 2 unspecified atom stereocenters. The van der Waals surface area contributed by atoms with E-state index in [4.69, 9.17) is 4.74 Å². The van der Waals surface area contributed by atoms with Gasteiger partial charge in [-0.1, -0.05) is 225 Å². The number of carbonyl (C=O) groups excluding carboxylic acids is 2. The second-order valence-corrected chi connectivity index (χ2v) is 17.9. The Morgan fingerprint density at radius 1 is 0.466 bits per heavy atom. The summed E-state index contributed by atoms with van der Waals surface area (Å²) >= 11 is 0. The van der Waals surface area contributed by atoms with Crippen LogP contribution in [0.3, 0.4) is 0 Å². The Hall–Kier alpha value is -1.40. The summed E-state index contributed by atoms with van der Waals surface area (Å²) in [6.45, 7) is 4.90. The standard InChI is InChI=1S/C52H101NO5/c1-3-5-7-9-11-13-15-17-18-19-21-26-30-34-38-42-46-52(57)58-47-43-39-35-31-27-23-22-25-29-33-37-41-45-51(56)53-49(48-54)50(55)44-40-36-32-28-24-20-16-14-12-10-8-6-4-2/h23,27,49-50,54-55H,3-22,24-26,28-48H2,1-2H3,(H,53,56)/b27-23-. The Kier molecular flexibility index (Phi) is 47.1. The van der Waals surface area contributed by atoms with Gasteiger partial charge in [0.25, 0.3) is 0 Å². The zero-order chi connectivity index (χ0) is 42.3. The van der Waals surface area contributed by atoms with Gasteiger partial charge in [0.15, 0.2) is 0 Å². The molecule has 1 amide bonds. The highest BCUT2D eigenvalue weighted by atomic mass is 16.5. The number of ether oxygens (including phenoxy) is 1. The highest BCUT2D eigenvalue weighted by Crippen LogP contribution is 2.16. The summed E-state index contributed by atoms with van der Waals surface area (Å²) in [4.78, 5) is 24.5. The number of allylic oxidation sites excluding steroid dienone is 2. The molecule has 0 bridgehead atoms. The third kappa shape index (κ3) is 44.2. The maximum absolute atomic E-state index is 12.4. The predicted octanol–water partition coefficient (Wildman–Crippen LogP) is 15.3. The fraction of sp³-hybridized carbons (Fsp3) is 0.923. The maximum Gasteiger partial charge on any atom is 0.305 e. The van der Waals surface area contributed by atoms with Crippen molar-refractivity contribution in [1.82, 2.24) is 5.32 Å². The summed E-state index contributed by atoms with van der Waals surface area (Å²) in [5, 5.41) is 23.2. The minimum atomic E-state index is -0.678. The van der Waals surface area contributed by atoms with Crippen LogP contribution in [0.15, 0.2) is 12.2 Å². The Morgan fingerprint density at radius 3 is 1.22 bits per heavy atom. The van der Waals surface area contributed by atoms with Gasteiger partial charge in [0.1, 0.15) is 0 Å². The van der Waals surface area contributed by atoms with E-state index in [0.717, 1.165) is 77.0 Å². The van der Waals surface area contributed by atoms with Crippen molar-refractivity contribution in [3.63, 3.8) is 0 Å². The van der Waals surface area contributed by atoms with Crippen LogP contribution in [0.25, 0.3) is 0 Å². The number of nitrogens with one attached hydrogen (secondary N) is 1. The third-order valence-corrected chi connectivity index (χ3v) is 12.1. The molecule has 0 heterocycles. The van der Waals surface area contributed by atoms with Crippen molar-refractivity contribution < 1.29 is 24.5 Å². The molecule has 6 nitrogen and oxygen atoms in total. The molecule has 0 radical (unpaired) electrons. The molecule has 344 valence electrons. The lowest BCUT2D eigenvalue weighted by Crippen LogP contribution is -2.45. The first-order valence-corrected chi connectivity index (χ1v) is 25.9. The molecule has 0 aliphatic carbocycles. The second kappa shape index (κ2) is 48.3. The number of amides is 1. The van der Waals surface area contributed by atoms with E-state index in [0.29, 0.717) is 25.9 Å². The maximum atomic E-state index is 12.4. The van der Waals surface area contributed by atoms with Crippen molar-refractivity contribution in [3.05, 3.63) is 12.2 Å². The molecule has 0 fully saturated rings. The number of hydrogen-bond acceptors (Lipinski definition) is 5. The minimum absolute atomic E-state index is 0.0192. The van der Waals surface area contributed by atoms with Gasteiger partial charge >= 0.3 is 5.97 Å². The van der Waals surface area contributed by atoms with Crippen LogP contribution in [-0.2, 0) is 14.3 Å². The van der Waals surface area contributed by atoms with E-state index in [1.165, 1.54) is 173 Å². The molecule has 3 N–H and O–H groups in total. The highest BCUT2D eigenvalue weighted by Gasteiger charge is 2.20. The van der Waals surface area contributed by atoms with E-state index in [9.17, 15) is 19.8 Å². The summed E-state index contributed by atoms with van der Waals surface area (Å²) in [7, 11) is 0. The first-order chi connectivity index (χ1) is 28.5. The van der Waals surface area contributed by atoms with E-state index < -0.39 is 12.1 Å². The van der Waals surface area contributed by atoms with Gasteiger partial charge in [-0.25, -0.2) is 0 Å². The van der Waals surface area contributed by atoms with E-state index >= 15 is 0 Å². The molecule has 0 aromatic rings. The van der Waals surface area contributed by atoms with E-state index in [2.05, 4.69) is 31.3 Å². The van der Waals surface area contributed by atoms with Gasteiger partial charge < -0.3 is 20.3 Å². The minimum Gasteiger partial charge on any atom is -0.466 e. The molecule has 0 saturated carbocycles. The van der Waals surface area contributed by atoms with Crippen LogP contribution in [0, 0.1) is 0 Å². The van der Waals surface area contributed by atoms with Gasteiger partial charge in [-0.05, 0) is 57.8 Å². The second-order valence-electron chi connectivity index (χ2n) is 17.9. The van der Waals surface area contributed by atoms with Crippen molar-refractivity contribution in [3.8, 4) is 0 Å². The SMILES string of the molecule is CCCCCCCCCCCCCCCCCCC(=O)OCCCCC/C=C\CCCCCCCC(=O)NC(CO)C(O)CCCCCCCCCCCCCCC. The molecule has 2 atom stereocenters. The van der Waals surface area contributed by atoms with Crippen LogP contribution in [0.4, 0.5) is 0 Å². The predicted molar refractivity (Wildman–Crippen MR) is 250 cm³/mol. The zero-order valence-electron chi connectivity index (χ0n) is 39.0. The lowest BCUT2D eigenvalue weighted by Gasteiger charge is -2.22. The number of unbranched alkanes of at least 4 members (excludes halogenated alkanes) is 35. The van der Waals surface area contributed by atoms with Crippen molar-refractivity contribution in [2.45, 2.75) is 296 Å². The number of aliphatic hydroxyl groups is 2. The monoisotopic (exact) mass is 820 g/mol. The molecule has 0 aliphatic heterocycles. The Morgan fingerprint density at radius 2 is 0.810 bits per heavy atom. The van der Waals surface area contributed by atoms with E-state index in [1.807, 2.05) is 0 Å². The number of hydrogen-bond donors (Lipinski definition) is 3. The highest BCUT2D eigenvalue weighted by molar-refractivity contribution is 5.76. The zero-order valence-corrected chi connectivity index (χ0v) is 39.0. The largest absolute Gasteiger partial charge is 0.466 e. The topological polar surface area (TPSA) is 95.9 Å². The van der Waals surface area contributed by atoms with Crippen LogP contribution >= 0.6 is 0 Å². The quantitative estimate of drug-likeness (QED) is 0.0323. The number of rotatable bonds is 48. The van der Waals surface area contributed by atoms with Gasteiger partial charge in [0, 0.05) is 12.8 Å². The summed E-state index contributed by atoms with van der Waals surface area (Å²) in [5.41, 5.74) is 0. The van der Waals surface area contributed by atoms with Crippen molar-refractivity contribution in [1.29, 1.82) is 0 Å². The van der Waals surface area contributed by atoms with Crippen LogP contribution in [0.5, 0.6) is 0 Å². The van der Waals surface area contributed by atoms with Gasteiger partial charge in [0.2, 0.25) is 5.91 Å². The summed E-state index contributed by atoms with van der Waals surface area (Å²) in [6, 6.07) is -0.558. The molecule has 0 rings (SSSR count). The first-order valence-electron chi connectivity index (χ1n) is 25.9. The molecule has 0 aromatic heterocycles.